The molecule has 1 fully saturated rings. The summed E-state index contributed by atoms with van der Waals surface area (Å²) in [4.78, 5) is 45.6. The molecule has 38 heavy (non-hydrogen) atoms. The number of methoxy groups -OCH3 is 1. The number of nitrogens with zero attached hydrogens (tertiary/aromatic N) is 2. The minimum Gasteiger partial charge on any atom is -0.468 e. The minimum atomic E-state index is -1.38. The Morgan fingerprint density at radius 2 is 1.61 bits per heavy atom. The number of hydrogen-bond acceptors (Lipinski definition) is 5. The van der Waals surface area contributed by atoms with E-state index in [2.05, 4.69) is 32.6 Å². The summed E-state index contributed by atoms with van der Waals surface area (Å²) in [7, 11) is 1.38. The highest BCUT2D eigenvalue weighted by molar-refractivity contribution is 6.09. The second-order valence-electron chi connectivity index (χ2n) is 12.0. The van der Waals surface area contributed by atoms with E-state index in [1.54, 1.807) is 23.1 Å². The lowest BCUT2D eigenvalue weighted by Gasteiger charge is -2.52. The average Bonchev–Trinajstić information content (AvgIpc) is 3.00. The first-order valence-electron chi connectivity index (χ1n) is 13.7. The molecule has 1 aliphatic rings. The Labute approximate surface area is 228 Å². The second-order valence-corrected chi connectivity index (χ2v) is 12.0. The minimum absolute atomic E-state index is 0.0576. The first-order valence-corrected chi connectivity index (χ1v) is 13.7. The van der Waals surface area contributed by atoms with Crippen LogP contribution in [0.4, 0.5) is 0 Å². The molecule has 2 aromatic carbocycles. The van der Waals surface area contributed by atoms with Crippen molar-refractivity contribution in [3.05, 3.63) is 71.3 Å². The van der Waals surface area contributed by atoms with Gasteiger partial charge in [-0.05, 0) is 57.6 Å². The highest BCUT2D eigenvalue weighted by Crippen LogP contribution is 2.50. The number of ketones is 1. The molecular weight excluding hydrogens is 476 g/mol. The number of benzene rings is 2. The molecule has 0 aromatic heterocycles. The van der Waals surface area contributed by atoms with E-state index >= 15 is 0 Å². The Kier molecular flexibility index (Phi) is 9.19. The van der Waals surface area contributed by atoms with Crippen molar-refractivity contribution in [2.45, 2.75) is 86.0 Å². The Morgan fingerprint density at radius 3 is 2.16 bits per heavy atom. The summed E-state index contributed by atoms with van der Waals surface area (Å²) in [5.41, 5.74) is -0.0225. The fraction of sp³-hybridized carbons (Fsp3) is 0.531. The fourth-order valence-electron chi connectivity index (χ4n) is 6.32. The highest BCUT2D eigenvalue weighted by atomic mass is 16.5. The van der Waals surface area contributed by atoms with Gasteiger partial charge < -0.3 is 9.64 Å². The summed E-state index contributed by atoms with van der Waals surface area (Å²) in [6, 6.07) is 16.6. The number of carbonyl (C=O) groups excluding carboxylic acids is 3. The lowest BCUT2D eigenvalue weighted by atomic mass is 9.60. The van der Waals surface area contributed by atoms with Gasteiger partial charge >= 0.3 is 5.97 Å². The van der Waals surface area contributed by atoms with Gasteiger partial charge in [0.2, 0.25) is 5.91 Å². The van der Waals surface area contributed by atoms with Crippen molar-refractivity contribution in [3.63, 3.8) is 0 Å². The smallest absolute Gasteiger partial charge is 0.323 e. The summed E-state index contributed by atoms with van der Waals surface area (Å²) in [5, 5.41) is 0. The number of ether oxygens (including phenoxy) is 1. The van der Waals surface area contributed by atoms with Crippen LogP contribution in [0.5, 0.6) is 0 Å². The number of hydrogen-bond donors (Lipinski definition) is 0. The van der Waals surface area contributed by atoms with Gasteiger partial charge in [0.15, 0.2) is 11.2 Å². The van der Waals surface area contributed by atoms with Crippen LogP contribution in [0.2, 0.25) is 0 Å². The molecule has 0 N–H and O–H groups in total. The molecule has 1 saturated heterocycles. The summed E-state index contributed by atoms with van der Waals surface area (Å²) in [6.45, 7) is 15.2. The molecule has 0 aliphatic carbocycles. The van der Waals surface area contributed by atoms with Gasteiger partial charge in [-0.3, -0.25) is 19.3 Å². The quantitative estimate of drug-likeness (QED) is 0.253. The van der Waals surface area contributed by atoms with Gasteiger partial charge in [-0.2, -0.15) is 0 Å². The predicted octanol–water partition coefficient (Wildman–Crippen LogP) is 5.73. The molecule has 0 spiro atoms. The molecule has 206 valence electrons. The van der Waals surface area contributed by atoms with E-state index in [-0.39, 0.29) is 29.8 Å². The van der Waals surface area contributed by atoms with Crippen molar-refractivity contribution in [1.82, 2.24) is 9.80 Å². The van der Waals surface area contributed by atoms with E-state index in [9.17, 15) is 14.4 Å². The monoisotopic (exact) mass is 520 g/mol. The van der Waals surface area contributed by atoms with Crippen LogP contribution in [0.25, 0.3) is 0 Å². The molecule has 3 rings (SSSR count). The van der Waals surface area contributed by atoms with Crippen molar-refractivity contribution in [2.75, 3.05) is 13.7 Å². The topological polar surface area (TPSA) is 66.9 Å². The second kappa shape index (κ2) is 11.8. The van der Waals surface area contributed by atoms with Crippen LogP contribution < -0.4 is 0 Å². The molecule has 0 radical (unpaired) electrons. The Bertz CT molecular complexity index is 1130. The lowest BCUT2D eigenvalue weighted by molar-refractivity contribution is -0.181. The maximum Gasteiger partial charge on any atom is 0.323 e. The van der Waals surface area contributed by atoms with Crippen LogP contribution in [0.1, 0.15) is 82.8 Å². The molecule has 2 aromatic rings. The van der Waals surface area contributed by atoms with Crippen LogP contribution in [-0.2, 0) is 20.9 Å². The van der Waals surface area contributed by atoms with E-state index in [0.29, 0.717) is 30.6 Å². The third-order valence-electron chi connectivity index (χ3n) is 7.87. The SMILES string of the molecule is COC(=O)C1(C(C)(C)C)C(=O)N(Cc2cccc(C(=O)c3ccccc3)c2)CCCC1N(C(C)C)C(C)C. The van der Waals surface area contributed by atoms with Gasteiger partial charge in [-0.15, -0.1) is 0 Å². The van der Waals surface area contributed by atoms with Gasteiger partial charge in [-0.1, -0.05) is 69.3 Å². The van der Waals surface area contributed by atoms with Gasteiger partial charge in [0, 0.05) is 42.3 Å². The number of carbonyl (C=O) groups is 3. The summed E-state index contributed by atoms with van der Waals surface area (Å²) >= 11 is 0. The van der Waals surface area contributed by atoms with Crippen LogP contribution in [0, 0.1) is 10.8 Å². The maximum atomic E-state index is 14.7. The predicted molar refractivity (Wildman–Crippen MR) is 151 cm³/mol. The number of rotatable bonds is 8. The zero-order chi connectivity index (χ0) is 28.3. The molecular formula is C32H44N2O4. The standard InChI is InChI=1S/C32H44N2O4/c1-22(2)34(23(3)4)27-18-13-19-33(29(36)32(27,30(37)38-8)31(5,6)7)21-24-14-12-17-26(20-24)28(35)25-15-10-9-11-16-25/h9-12,14-17,20,22-23,27H,13,18-19,21H2,1-8H3. The molecule has 2 unspecified atom stereocenters. The van der Waals surface area contributed by atoms with Crippen LogP contribution in [0.15, 0.2) is 54.6 Å². The molecule has 1 amide bonds. The fourth-order valence-corrected chi connectivity index (χ4v) is 6.32. The van der Waals surface area contributed by atoms with E-state index in [4.69, 9.17) is 4.74 Å². The van der Waals surface area contributed by atoms with E-state index in [1.807, 2.05) is 57.2 Å². The average molecular weight is 521 g/mol. The van der Waals surface area contributed by atoms with Crippen molar-refractivity contribution in [1.29, 1.82) is 0 Å². The van der Waals surface area contributed by atoms with E-state index in [0.717, 1.165) is 12.0 Å². The first-order chi connectivity index (χ1) is 17.9. The summed E-state index contributed by atoms with van der Waals surface area (Å²) in [5.74, 6) is -0.741. The number of likely N-dealkylation sites (tertiary alicyclic amines) is 1. The van der Waals surface area contributed by atoms with Gasteiger partial charge in [0.05, 0.1) is 7.11 Å². The first kappa shape index (κ1) is 29.6. The van der Waals surface area contributed by atoms with Gasteiger partial charge in [-0.25, -0.2) is 0 Å². The largest absolute Gasteiger partial charge is 0.468 e. The Balaban J connectivity index is 2.06. The van der Waals surface area contributed by atoms with Crippen molar-refractivity contribution >= 4 is 17.7 Å². The molecule has 0 saturated carbocycles. The summed E-state index contributed by atoms with van der Waals surface area (Å²) in [6.07, 6.45) is 1.47. The normalized spacial score (nSPS) is 20.7. The highest BCUT2D eigenvalue weighted by Gasteiger charge is 2.64. The van der Waals surface area contributed by atoms with Gasteiger partial charge in [0.1, 0.15) is 0 Å². The zero-order valence-electron chi connectivity index (χ0n) is 24.3. The van der Waals surface area contributed by atoms with Crippen molar-refractivity contribution < 1.29 is 19.1 Å². The maximum absolute atomic E-state index is 14.7. The van der Waals surface area contributed by atoms with E-state index in [1.165, 1.54) is 7.11 Å². The van der Waals surface area contributed by atoms with Crippen molar-refractivity contribution in [2.24, 2.45) is 10.8 Å². The van der Waals surface area contributed by atoms with E-state index < -0.39 is 16.8 Å². The zero-order valence-corrected chi connectivity index (χ0v) is 24.3. The third-order valence-corrected chi connectivity index (χ3v) is 7.87. The lowest BCUT2D eigenvalue weighted by Crippen LogP contribution is -2.66. The molecule has 2 atom stereocenters. The van der Waals surface area contributed by atoms with Gasteiger partial charge in [0.25, 0.3) is 0 Å². The molecule has 0 bridgehead atoms. The number of esters is 1. The van der Waals surface area contributed by atoms with Crippen LogP contribution in [-0.4, -0.2) is 59.2 Å². The van der Waals surface area contributed by atoms with Crippen LogP contribution >= 0.6 is 0 Å². The Hall–Kier alpha value is -2.99. The molecule has 6 nitrogen and oxygen atoms in total. The molecule has 1 aliphatic heterocycles. The Morgan fingerprint density at radius 1 is 1.00 bits per heavy atom. The van der Waals surface area contributed by atoms with Crippen molar-refractivity contribution in [3.8, 4) is 0 Å². The molecule has 1 heterocycles. The third kappa shape index (κ3) is 5.56. The molecule has 6 heteroatoms. The summed E-state index contributed by atoms with van der Waals surface area (Å²) < 4.78 is 5.43. The number of amides is 1. The van der Waals surface area contributed by atoms with Crippen LogP contribution in [0.3, 0.4) is 0 Å².